The van der Waals surface area contributed by atoms with Crippen molar-refractivity contribution in [3.8, 4) is 11.5 Å². The van der Waals surface area contributed by atoms with Gasteiger partial charge in [-0.05, 0) is 54.4 Å². The van der Waals surface area contributed by atoms with Crippen LogP contribution in [0.15, 0.2) is 40.8 Å². The van der Waals surface area contributed by atoms with E-state index in [1.165, 1.54) is 41.8 Å². The zero-order valence-corrected chi connectivity index (χ0v) is 12.4. The van der Waals surface area contributed by atoms with Crippen LogP contribution >= 0.6 is 0 Å². The van der Waals surface area contributed by atoms with Gasteiger partial charge in [0.25, 0.3) is 0 Å². The van der Waals surface area contributed by atoms with Gasteiger partial charge in [-0.15, -0.1) is 0 Å². The number of fused-ring (bicyclic) bond motifs is 7. The molecule has 0 saturated heterocycles. The molecular formula is C18H14N2O3. The standard InChI is InChI=1S/C18H14N2O3/c21-20(22)15-8-7-14(23-15)18-17-11-6-5-10(9-11)16(17)12-3-1-2-4-13(12)19-18/h1-4,7-8,10-11H,5-6,9H2. The molecule has 1 fully saturated rings. The molecule has 0 radical (unpaired) electrons. The fourth-order valence-electron chi connectivity index (χ4n) is 4.35. The number of pyridine rings is 1. The van der Waals surface area contributed by atoms with Crippen LogP contribution in [-0.4, -0.2) is 9.91 Å². The Morgan fingerprint density at radius 3 is 2.65 bits per heavy atom. The number of para-hydroxylation sites is 1. The third-order valence-corrected chi connectivity index (χ3v) is 5.23. The molecule has 2 bridgehead atoms. The Balaban J connectivity index is 1.82. The topological polar surface area (TPSA) is 69.2 Å². The number of nitrogens with zero attached hydrogens (tertiary/aromatic N) is 2. The van der Waals surface area contributed by atoms with Gasteiger partial charge in [-0.1, -0.05) is 18.2 Å². The van der Waals surface area contributed by atoms with Crippen LogP contribution < -0.4 is 0 Å². The Bertz CT molecular complexity index is 960. The van der Waals surface area contributed by atoms with Crippen LogP contribution in [-0.2, 0) is 0 Å². The molecular weight excluding hydrogens is 292 g/mol. The van der Waals surface area contributed by atoms with E-state index in [-0.39, 0.29) is 5.88 Å². The largest absolute Gasteiger partial charge is 0.433 e. The lowest BCUT2D eigenvalue weighted by atomic mass is 9.87. The van der Waals surface area contributed by atoms with Crippen LogP contribution in [0, 0.1) is 10.1 Å². The molecule has 2 atom stereocenters. The maximum atomic E-state index is 10.9. The lowest BCUT2D eigenvalue weighted by Gasteiger charge is -2.19. The highest BCUT2D eigenvalue weighted by molar-refractivity contribution is 5.88. The van der Waals surface area contributed by atoms with Crippen molar-refractivity contribution in [2.75, 3.05) is 0 Å². The van der Waals surface area contributed by atoms with E-state index in [9.17, 15) is 10.1 Å². The van der Waals surface area contributed by atoms with Crippen molar-refractivity contribution in [2.45, 2.75) is 31.1 Å². The Morgan fingerprint density at radius 2 is 1.87 bits per heavy atom. The van der Waals surface area contributed by atoms with Crippen molar-refractivity contribution in [1.29, 1.82) is 0 Å². The molecule has 0 aliphatic heterocycles. The van der Waals surface area contributed by atoms with Crippen molar-refractivity contribution < 1.29 is 9.34 Å². The predicted molar refractivity (Wildman–Crippen MR) is 85.4 cm³/mol. The first-order valence-corrected chi connectivity index (χ1v) is 7.89. The molecule has 2 aliphatic rings. The Labute approximate surface area is 132 Å². The molecule has 0 amide bonds. The average molecular weight is 306 g/mol. The molecule has 1 aromatic carbocycles. The van der Waals surface area contributed by atoms with Crippen molar-refractivity contribution in [3.05, 3.63) is 57.6 Å². The smallest absolute Gasteiger partial charge is 0.399 e. The van der Waals surface area contributed by atoms with E-state index in [2.05, 4.69) is 6.07 Å². The van der Waals surface area contributed by atoms with Gasteiger partial charge in [-0.25, -0.2) is 4.98 Å². The molecule has 0 N–H and O–H groups in total. The summed E-state index contributed by atoms with van der Waals surface area (Å²) >= 11 is 0. The highest BCUT2D eigenvalue weighted by atomic mass is 16.6. The molecule has 3 aromatic rings. The average Bonchev–Trinajstić information content (AvgIpc) is 3.29. The molecule has 5 heteroatoms. The van der Waals surface area contributed by atoms with Crippen LogP contribution in [0.2, 0.25) is 0 Å². The van der Waals surface area contributed by atoms with Gasteiger partial charge in [-0.2, -0.15) is 0 Å². The van der Waals surface area contributed by atoms with Crippen LogP contribution in [0.1, 0.15) is 42.2 Å². The van der Waals surface area contributed by atoms with Gasteiger partial charge in [0.05, 0.1) is 11.6 Å². The fraction of sp³-hybridized carbons (Fsp3) is 0.278. The van der Waals surface area contributed by atoms with Gasteiger partial charge in [0.15, 0.2) is 5.76 Å². The second kappa shape index (κ2) is 4.41. The molecule has 0 spiro atoms. The first-order chi connectivity index (χ1) is 11.2. The number of nitro groups is 1. The zero-order valence-electron chi connectivity index (χ0n) is 12.4. The summed E-state index contributed by atoms with van der Waals surface area (Å²) in [5.74, 6) is 1.37. The van der Waals surface area contributed by atoms with Gasteiger partial charge in [0, 0.05) is 5.39 Å². The lowest BCUT2D eigenvalue weighted by Crippen LogP contribution is -2.03. The molecule has 23 heavy (non-hydrogen) atoms. The van der Waals surface area contributed by atoms with E-state index in [0.717, 1.165) is 11.2 Å². The van der Waals surface area contributed by atoms with E-state index in [4.69, 9.17) is 9.40 Å². The number of hydrogen-bond acceptors (Lipinski definition) is 4. The van der Waals surface area contributed by atoms with Crippen molar-refractivity contribution >= 4 is 16.8 Å². The SMILES string of the molecule is O=[N+]([O-])c1ccc(-c2nc3ccccc3c3c2C2CCC3C2)o1. The second-order valence-electron chi connectivity index (χ2n) is 6.41. The minimum atomic E-state index is -0.503. The molecule has 1 saturated carbocycles. The number of rotatable bonds is 2. The quantitative estimate of drug-likeness (QED) is 0.505. The number of benzene rings is 1. The van der Waals surface area contributed by atoms with Crippen molar-refractivity contribution in [3.63, 3.8) is 0 Å². The van der Waals surface area contributed by atoms with Crippen LogP contribution in [0.5, 0.6) is 0 Å². The first kappa shape index (κ1) is 12.8. The predicted octanol–water partition coefficient (Wildman–Crippen LogP) is 4.77. The molecule has 5 nitrogen and oxygen atoms in total. The molecule has 2 unspecified atom stereocenters. The number of aromatic nitrogens is 1. The molecule has 114 valence electrons. The van der Waals surface area contributed by atoms with Gasteiger partial charge >= 0.3 is 5.88 Å². The van der Waals surface area contributed by atoms with E-state index in [1.807, 2.05) is 18.2 Å². The summed E-state index contributed by atoms with van der Waals surface area (Å²) in [5.41, 5.74) is 4.37. The Kier molecular flexibility index (Phi) is 2.46. The van der Waals surface area contributed by atoms with Crippen LogP contribution in [0.3, 0.4) is 0 Å². The number of furan rings is 1. The summed E-state index contributed by atoms with van der Waals surface area (Å²) in [7, 11) is 0. The Morgan fingerprint density at radius 1 is 1.09 bits per heavy atom. The van der Waals surface area contributed by atoms with Crippen molar-refractivity contribution in [1.82, 2.24) is 4.98 Å². The van der Waals surface area contributed by atoms with Gasteiger partial charge < -0.3 is 4.42 Å². The molecule has 2 heterocycles. The highest BCUT2D eigenvalue weighted by Gasteiger charge is 2.41. The first-order valence-electron chi connectivity index (χ1n) is 7.89. The summed E-state index contributed by atoms with van der Waals surface area (Å²) in [6.45, 7) is 0. The van der Waals surface area contributed by atoms with Gasteiger partial charge in [0.2, 0.25) is 0 Å². The monoisotopic (exact) mass is 306 g/mol. The summed E-state index contributed by atoms with van der Waals surface area (Å²) in [6, 6.07) is 11.2. The molecule has 5 rings (SSSR count). The van der Waals surface area contributed by atoms with E-state index >= 15 is 0 Å². The maximum absolute atomic E-state index is 10.9. The van der Waals surface area contributed by atoms with Gasteiger partial charge in [-0.3, -0.25) is 10.1 Å². The van der Waals surface area contributed by atoms with E-state index in [0.29, 0.717) is 17.6 Å². The zero-order chi connectivity index (χ0) is 15.6. The third kappa shape index (κ3) is 1.70. The van der Waals surface area contributed by atoms with Crippen molar-refractivity contribution in [2.24, 2.45) is 0 Å². The number of hydrogen-bond donors (Lipinski definition) is 0. The van der Waals surface area contributed by atoms with E-state index < -0.39 is 4.92 Å². The van der Waals surface area contributed by atoms with E-state index in [1.54, 1.807) is 6.07 Å². The summed E-state index contributed by atoms with van der Waals surface area (Å²) in [5, 5.41) is 12.1. The fourth-order valence-corrected chi connectivity index (χ4v) is 4.35. The summed E-state index contributed by atoms with van der Waals surface area (Å²) < 4.78 is 5.45. The Hall–Kier alpha value is -2.69. The third-order valence-electron chi connectivity index (χ3n) is 5.23. The van der Waals surface area contributed by atoms with Crippen LogP contribution in [0.25, 0.3) is 22.4 Å². The summed E-state index contributed by atoms with van der Waals surface area (Å²) in [4.78, 5) is 15.2. The van der Waals surface area contributed by atoms with Crippen LogP contribution in [0.4, 0.5) is 5.88 Å². The normalized spacial score (nSPS) is 21.7. The minimum absolute atomic E-state index is 0.230. The van der Waals surface area contributed by atoms with Gasteiger partial charge in [0.1, 0.15) is 10.6 Å². The second-order valence-corrected chi connectivity index (χ2v) is 6.41. The molecule has 2 aliphatic carbocycles. The lowest BCUT2D eigenvalue weighted by molar-refractivity contribution is -0.401. The molecule has 2 aromatic heterocycles. The highest BCUT2D eigenvalue weighted by Crippen LogP contribution is 2.57. The summed E-state index contributed by atoms with van der Waals surface area (Å²) in [6.07, 6.45) is 3.57. The minimum Gasteiger partial charge on any atom is -0.399 e. The maximum Gasteiger partial charge on any atom is 0.433 e.